The molecule has 0 aliphatic rings. The Balaban J connectivity index is 2.31. The molecule has 6 heteroatoms. The minimum Gasteiger partial charge on any atom is -0.479 e. The van der Waals surface area contributed by atoms with Gasteiger partial charge in [0.05, 0.1) is 0 Å². The van der Waals surface area contributed by atoms with Crippen LogP contribution in [0.2, 0.25) is 10.0 Å². The summed E-state index contributed by atoms with van der Waals surface area (Å²) in [6.45, 7) is 0. The first-order chi connectivity index (χ1) is 9.47. The first-order valence-electron chi connectivity index (χ1n) is 5.67. The topological polar surface area (TPSA) is 49.3 Å². The van der Waals surface area contributed by atoms with Crippen LogP contribution in [0.5, 0.6) is 0 Å². The maximum Gasteiger partial charge on any atom is 0.330 e. The molecule has 1 atom stereocenters. The lowest BCUT2D eigenvalue weighted by Crippen LogP contribution is -2.20. The summed E-state index contributed by atoms with van der Waals surface area (Å²) in [4.78, 5) is 11.5. The van der Waals surface area contributed by atoms with E-state index >= 15 is 0 Å². The second-order valence-corrected chi connectivity index (χ2v) is 5.82. The summed E-state index contributed by atoms with van der Waals surface area (Å²) in [5.74, 6) is -0.983. The number of benzene rings is 2. The molecule has 2 rings (SSSR count). The zero-order chi connectivity index (χ0) is 14.7. The third-order valence-electron chi connectivity index (χ3n) is 2.68. The normalized spacial score (nSPS) is 11.9. The fraction of sp³-hybridized carbons (Fsp3) is 0.0714. The van der Waals surface area contributed by atoms with Gasteiger partial charge in [-0.3, -0.25) is 0 Å². The second-order valence-electron chi connectivity index (χ2n) is 4.09. The zero-order valence-electron chi connectivity index (χ0n) is 10.1. The molecule has 0 aromatic heterocycles. The van der Waals surface area contributed by atoms with Crippen molar-refractivity contribution in [1.82, 2.24) is 0 Å². The zero-order valence-corrected chi connectivity index (χ0v) is 13.2. The Hall–Kier alpha value is -1.23. The van der Waals surface area contributed by atoms with E-state index in [1.165, 1.54) is 0 Å². The number of carboxylic acid groups (broad SMARTS) is 1. The number of hydrogen-bond donors (Lipinski definition) is 2. The fourth-order valence-electron chi connectivity index (χ4n) is 1.72. The highest BCUT2D eigenvalue weighted by Gasteiger charge is 2.22. The Labute approximate surface area is 134 Å². The highest BCUT2D eigenvalue weighted by molar-refractivity contribution is 9.10. The quantitative estimate of drug-likeness (QED) is 0.792. The molecule has 20 heavy (non-hydrogen) atoms. The van der Waals surface area contributed by atoms with E-state index < -0.39 is 12.0 Å². The number of rotatable bonds is 4. The minimum absolute atomic E-state index is 0.538. The Kier molecular flexibility index (Phi) is 4.91. The van der Waals surface area contributed by atoms with Gasteiger partial charge in [-0.1, -0.05) is 45.2 Å². The van der Waals surface area contributed by atoms with Gasteiger partial charge in [-0.2, -0.15) is 0 Å². The monoisotopic (exact) mass is 373 g/mol. The van der Waals surface area contributed by atoms with Gasteiger partial charge in [0.15, 0.2) is 6.04 Å². The summed E-state index contributed by atoms with van der Waals surface area (Å²) in [5.41, 5.74) is 1.26. The van der Waals surface area contributed by atoms with E-state index in [0.29, 0.717) is 25.8 Å². The molecule has 0 aliphatic heterocycles. The van der Waals surface area contributed by atoms with E-state index in [1.807, 2.05) is 0 Å². The lowest BCUT2D eigenvalue weighted by Gasteiger charge is -2.17. The summed E-state index contributed by atoms with van der Waals surface area (Å²) in [7, 11) is 0. The highest BCUT2D eigenvalue weighted by Crippen LogP contribution is 2.29. The van der Waals surface area contributed by atoms with Gasteiger partial charge in [0.1, 0.15) is 0 Å². The summed E-state index contributed by atoms with van der Waals surface area (Å²) < 4.78 is 0.638. The summed E-state index contributed by atoms with van der Waals surface area (Å²) in [5, 5.41) is 13.5. The van der Waals surface area contributed by atoms with Crippen molar-refractivity contribution in [3.8, 4) is 0 Å². The van der Waals surface area contributed by atoms with Gasteiger partial charge in [0.2, 0.25) is 0 Å². The lowest BCUT2D eigenvalue weighted by molar-refractivity contribution is -0.138. The Morgan fingerprint density at radius 2 is 1.70 bits per heavy atom. The Morgan fingerprint density at radius 3 is 2.25 bits per heavy atom. The van der Waals surface area contributed by atoms with Crippen LogP contribution in [0.1, 0.15) is 11.6 Å². The van der Waals surface area contributed by atoms with Gasteiger partial charge in [-0.05, 0) is 42.0 Å². The Bertz CT molecular complexity index is 632. The van der Waals surface area contributed by atoms with E-state index in [0.717, 1.165) is 0 Å². The van der Waals surface area contributed by atoms with E-state index in [1.54, 1.807) is 42.5 Å². The SMILES string of the molecule is O=C(O)C(Nc1ccc(Cl)cc1)c1ccc(Cl)cc1Br. The summed E-state index contributed by atoms with van der Waals surface area (Å²) >= 11 is 15.0. The summed E-state index contributed by atoms with van der Waals surface area (Å²) in [6.07, 6.45) is 0. The lowest BCUT2D eigenvalue weighted by atomic mass is 10.1. The molecule has 2 aromatic carbocycles. The molecule has 0 saturated heterocycles. The first-order valence-corrected chi connectivity index (χ1v) is 7.22. The van der Waals surface area contributed by atoms with Crippen molar-refractivity contribution >= 4 is 50.8 Å². The molecule has 0 fully saturated rings. The van der Waals surface area contributed by atoms with Gasteiger partial charge in [-0.25, -0.2) is 4.79 Å². The van der Waals surface area contributed by atoms with Crippen LogP contribution in [-0.2, 0) is 4.79 Å². The van der Waals surface area contributed by atoms with Gasteiger partial charge in [-0.15, -0.1) is 0 Å². The number of halogens is 3. The molecule has 104 valence electrons. The average Bonchev–Trinajstić information content (AvgIpc) is 2.39. The van der Waals surface area contributed by atoms with Crippen molar-refractivity contribution in [1.29, 1.82) is 0 Å². The fourth-order valence-corrected chi connectivity index (χ4v) is 2.76. The number of hydrogen-bond acceptors (Lipinski definition) is 2. The van der Waals surface area contributed by atoms with Crippen LogP contribution in [0.25, 0.3) is 0 Å². The Morgan fingerprint density at radius 1 is 1.10 bits per heavy atom. The number of aliphatic carboxylic acids is 1. The van der Waals surface area contributed by atoms with E-state index in [2.05, 4.69) is 21.2 Å². The average molecular weight is 375 g/mol. The predicted molar refractivity (Wildman–Crippen MR) is 84.6 cm³/mol. The van der Waals surface area contributed by atoms with Crippen LogP contribution < -0.4 is 5.32 Å². The van der Waals surface area contributed by atoms with Crippen LogP contribution in [0.3, 0.4) is 0 Å². The third-order valence-corrected chi connectivity index (χ3v) is 3.85. The minimum atomic E-state index is -0.983. The van der Waals surface area contributed by atoms with Gasteiger partial charge < -0.3 is 10.4 Å². The van der Waals surface area contributed by atoms with Crippen molar-refractivity contribution < 1.29 is 9.90 Å². The number of carbonyl (C=O) groups is 1. The molecular formula is C14H10BrCl2NO2. The second kappa shape index (κ2) is 6.48. The molecule has 1 unspecified atom stereocenters. The standard InChI is InChI=1S/C14H10BrCl2NO2/c15-12-7-9(17)3-6-11(12)13(14(19)20)18-10-4-1-8(16)2-5-10/h1-7,13,18H,(H,19,20). The van der Waals surface area contributed by atoms with Crippen molar-refractivity contribution in [2.24, 2.45) is 0 Å². The first kappa shape index (κ1) is 15.2. The molecule has 2 aromatic rings. The van der Waals surface area contributed by atoms with Crippen LogP contribution in [0.15, 0.2) is 46.9 Å². The smallest absolute Gasteiger partial charge is 0.330 e. The van der Waals surface area contributed by atoms with Crippen molar-refractivity contribution in [2.75, 3.05) is 5.32 Å². The van der Waals surface area contributed by atoms with E-state index in [-0.39, 0.29) is 0 Å². The van der Waals surface area contributed by atoms with Gasteiger partial charge in [0.25, 0.3) is 0 Å². The van der Waals surface area contributed by atoms with Gasteiger partial charge in [0, 0.05) is 20.2 Å². The summed E-state index contributed by atoms with van der Waals surface area (Å²) in [6, 6.07) is 10.9. The predicted octanol–water partition coefficient (Wildman–Crippen LogP) is 4.99. The molecular weight excluding hydrogens is 365 g/mol. The highest BCUT2D eigenvalue weighted by atomic mass is 79.9. The molecule has 0 heterocycles. The van der Waals surface area contributed by atoms with Crippen LogP contribution in [0, 0.1) is 0 Å². The third kappa shape index (κ3) is 3.66. The van der Waals surface area contributed by atoms with Crippen molar-refractivity contribution in [2.45, 2.75) is 6.04 Å². The van der Waals surface area contributed by atoms with Crippen molar-refractivity contribution in [3.63, 3.8) is 0 Å². The number of nitrogens with one attached hydrogen (secondary N) is 1. The number of carboxylic acids is 1. The number of anilines is 1. The molecule has 0 bridgehead atoms. The maximum atomic E-state index is 11.5. The van der Waals surface area contributed by atoms with Crippen molar-refractivity contribution in [3.05, 3.63) is 62.5 Å². The van der Waals surface area contributed by atoms with E-state index in [9.17, 15) is 9.90 Å². The molecule has 2 N–H and O–H groups in total. The van der Waals surface area contributed by atoms with Crippen LogP contribution in [-0.4, -0.2) is 11.1 Å². The van der Waals surface area contributed by atoms with Crippen LogP contribution >= 0.6 is 39.1 Å². The molecule has 3 nitrogen and oxygen atoms in total. The molecule has 0 spiro atoms. The van der Waals surface area contributed by atoms with E-state index in [4.69, 9.17) is 23.2 Å². The molecule has 0 amide bonds. The largest absolute Gasteiger partial charge is 0.479 e. The van der Waals surface area contributed by atoms with Gasteiger partial charge >= 0.3 is 5.97 Å². The molecule has 0 radical (unpaired) electrons. The molecule has 0 aliphatic carbocycles. The molecule has 0 saturated carbocycles. The van der Waals surface area contributed by atoms with Crippen LogP contribution in [0.4, 0.5) is 5.69 Å². The maximum absolute atomic E-state index is 11.5.